The zero-order valence-corrected chi connectivity index (χ0v) is 12.7. The van der Waals surface area contributed by atoms with E-state index in [1.807, 2.05) is 47.8 Å². The minimum absolute atomic E-state index is 0.0151. The number of hydrogen-bond acceptors (Lipinski definition) is 4. The number of thiophene rings is 1. The molecule has 0 radical (unpaired) electrons. The molecule has 0 bridgehead atoms. The zero-order valence-electron chi connectivity index (χ0n) is 11.9. The molecule has 4 aromatic rings. The maximum atomic E-state index is 11.3. The lowest BCUT2D eigenvalue weighted by Gasteiger charge is -2.08. The van der Waals surface area contributed by atoms with Crippen molar-refractivity contribution in [2.75, 3.05) is 0 Å². The summed E-state index contributed by atoms with van der Waals surface area (Å²) in [5.74, 6) is -1.05. The second kappa shape index (κ2) is 5.33. The van der Waals surface area contributed by atoms with Crippen molar-refractivity contribution in [1.82, 2.24) is 14.8 Å². The molecule has 3 aromatic heterocycles. The summed E-state index contributed by atoms with van der Waals surface area (Å²) in [6, 6.07) is 15.1. The largest absolute Gasteiger partial charge is 0.476 e. The fourth-order valence-corrected chi connectivity index (χ4v) is 3.26. The van der Waals surface area contributed by atoms with E-state index in [0.717, 1.165) is 27.2 Å². The zero-order chi connectivity index (χ0) is 15.8. The van der Waals surface area contributed by atoms with E-state index in [9.17, 15) is 9.90 Å². The lowest BCUT2D eigenvalue weighted by molar-refractivity contribution is 0.0690. The van der Waals surface area contributed by atoms with Gasteiger partial charge in [0.05, 0.1) is 21.8 Å². The molecule has 5 nitrogen and oxygen atoms in total. The van der Waals surface area contributed by atoms with Gasteiger partial charge in [-0.1, -0.05) is 24.3 Å². The first kappa shape index (κ1) is 13.7. The SMILES string of the molecule is O=C(O)c1cc(-c2cccs2)n(-c2cccc3cccnc23)n1. The summed E-state index contributed by atoms with van der Waals surface area (Å²) < 4.78 is 1.66. The number of benzene rings is 1. The first-order chi connectivity index (χ1) is 11.2. The summed E-state index contributed by atoms with van der Waals surface area (Å²) in [6.07, 6.45) is 1.72. The number of carbonyl (C=O) groups is 1. The first-order valence-corrected chi connectivity index (χ1v) is 7.83. The van der Waals surface area contributed by atoms with Gasteiger partial charge in [-0.2, -0.15) is 5.10 Å². The molecule has 0 spiro atoms. The van der Waals surface area contributed by atoms with Crippen LogP contribution >= 0.6 is 11.3 Å². The van der Waals surface area contributed by atoms with Gasteiger partial charge >= 0.3 is 5.97 Å². The van der Waals surface area contributed by atoms with Crippen molar-refractivity contribution in [3.8, 4) is 16.3 Å². The van der Waals surface area contributed by atoms with Crippen molar-refractivity contribution in [3.05, 3.63) is 65.8 Å². The molecule has 0 aliphatic rings. The monoisotopic (exact) mass is 321 g/mol. The van der Waals surface area contributed by atoms with Crippen molar-refractivity contribution >= 4 is 28.2 Å². The van der Waals surface area contributed by atoms with E-state index >= 15 is 0 Å². The van der Waals surface area contributed by atoms with Gasteiger partial charge in [0.1, 0.15) is 0 Å². The number of carboxylic acids is 1. The van der Waals surface area contributed by atoms with E-state index in [1.165, 1.54) is 0 Å². The minimum atomic E-state index is -1.05. The lowest BCUT2D eigenvalue weighted by Crippen LogP contribution is -2.03. The van der Waals surface area contributed by atoms with Gasteiger partial charge in [0.25, 0.3) is 0 Å². The Morgan fingerprint density at radius 3 is 2.78 bits per heavy atom. The molecule has 1 N–H and O–H groups in total. The van der Waals surface area contributed by atoms with Crippen molar-refractivity contribution < 1.29 is 9.90 Å². The molecule has 0 amide bonds. The van der Waals surface area contributed by atoms with Crippen LogP contribution in [-0.4, -0.2) is 25.8 Å². The standard InChI is InChI=1S/C17H11N3O2S/c21-17(22)12-10-14(15-7-3-9-23-15)20(19-12)13-6-1-4-11-5-2-8-18-16(11)13/h1-10H,(H,21,22). The van der Waals surface area contributed by atoms with Crippen molar-refractivity contribution in [1.29, 1.82) is 0 Å². The molecule has 6 heteroatoms. The van der Waals surface area contributed by atoms with Gasteiger partial charge in [0.15, 0.2) is 5.69 Å². The Labute approximate surface area is 135 Å². The molecule has 0 aliphatic heterocycles. The number of hydrogen-bond donors (Lipinski definition) is 1. The third-order valence-corrected chi connectivity index (χ3v) is 4.43. The smallest absolute Gasteiger partial charge is 0.356 e. The topological polar surface area (TPSA) is 68.0 Å². The van der Waals surface area contributed by atoms with Crippen LogP contribution in [0.25, 0.3) is 27.2 Å². The Bertz CT molecular complexity index is 1000. The number of carboxylic acid groups (broad SMARTS) is 1. The number of aromatic carboxylic acids is 1. The Hall–Kier alpha value is -2.99. The highest BCUT2D eigenvalue weighted by atomic mass is 32.1. The molecule has 1 aromatic carbocycles. The summed E-state index contributed by atoms with van der Waals surface area (Å²) in [4.78, 5) is 16.7. The van der Waals surface area contributed by atoms with Crippen LogP contribution in [0.2, 0.25) is 0 Å². The first-order valence-electron chi connectivity index (χ1n) is 6.95. The number of rotatable bonds is 3. The van der Waals surface area contributed by atoms with Gasteiger partial charge in [-0.15, -0.1) is 11.3 Å². The molecule has 0 fully saturated rings. The summed E-state index contributed by atoms with van der Waals surface area (Å²) in [7, 11) is 0. The van der Waals surface area contributed by atoms with Gasteiger partial charge in [0, 0.05) is 17.6 Å². The highest BCUT2D eigenvalue weighted by Crippen LogP contribution is 2.30. The van der Waals surface area contributed by atoms with E-state index in [-0.39, 0.29) is 5.69 Å². The van der Waals surface area contributed by atoms with Crippen LogP contribution < -0.4 is 0 Å². The fraction of sp³-hybridized carbons (Fsp3) is 0. The Kier molecular flexibility index (Phi) is 3.17. The summed E-state index contributed by atoms with van der Waals surface area (Å²) >= 11 is 1.54. The second-order valence-corrected chi connectivity index (χ2v) is 5.91. The summed E-state index contributed by atoms with van der Waals surface area (Å²) in [6.45, 7) is 0. The normalized spacial score (nSPS) is 11.0. The molecule has 4 rings (SSSR count). The van der Waals surface area contributed by atoms with Crippen LogP contribution in [0, 0.1) is 0 Å². The third kappa shape index (κ3) is 2.29. The van der Waals surface area contributed by atoms with Crippen molar-refractivity contribution in [2.24, 2.45) is 0 Å². The molecule has 112 valence electrons. The number of nitrogens with zero attached hydrogens (tertiary/aromatic N) is 3. The molecular formula is C17H11N3O2S. The Morgan fingerprint density at radius 1 is 1.13 bits per heavy atom. The van der Waals surface area contributed by atoms with Crippen LogP contribution in [-0.2, 0) is 0 Å². The Balaban J connectivity index is 2.02. The highest BCUT2D eigenvalue weighted by molar-refractivity contribution is 7.13. The van der Waals surface area contributed by atoms with Crippen LogP contribution in [0.5, 0.6) is 0 Å². The maximum Gasteiger partial charge on any atom is 0.356 e. The molecular weight excluding hydrogens is 310 g/mol. The predicted molar refractivity (Wildman–Crippen MR) is 89.1 cm³/mol. The highest BCUT2D eigenvalue weighted by Gasteiger charge is 2.18. The van der Waals surface area contributed by atoms with Gasteiger partial charge < -0.3 is 5.11 Å². The predicted octanol–water partition coefficient (Wildman–Crippen LogP) is 3.85. The van der Waals surface area contributed by atoms with Gasteiger partial charge in [-0.25, -0.2) is 9.48 Å². The van der Waals surface area contributed by atoms with Gasteiger partial charge in [-0.3, -0.25) is 4.98 Å². The van der Waals surface area contributed by atoms with Crippen molar-refractivity contribution in [2.45, 2.75) is 0 Å². The quantitative estimate of drug-likeness (QED) is 0.622. The van der Waals surface area contributed by atoms with Crippen LogP contribution in [0.4, 0.5) is 0 Å². The second-order valence-electron chi connectivity index (χ2n) is 4.96. The van der Waals surface area contributed by atoms with Gasteiger partial charge in [0.2, 0.25) is 0 Å². The molecule has 23 heavy (non-hydrogen) atoms. The molecule has 0 unspecified atom stereocenters. The average molecular weight is 321 g/mol. The molecule has 0 aliphatic carbocycles. The van der Waals surface area contributed by atoms with Crippen LogP contribution in [0.3, 0.4) is 0 Å². The van der Waals surface area contributed by atoms with E-state index in [4.69, 9.17) is 0 Å². The van der Waals surface area contributed by atoms with Crippen LogP contribution in [0.15, 0.2) is 60.1 Å². The van der Waals surface area contributed by atoms with E-state index in [1.54, 1.807) is 28.3 Å². The van der Waals surface area contributed by atoms with Crippen molar-refractivity contribution in [3.63, 3.8) is 0 Å². The van der Waals surface area contributed by atoms with Crippen LogP contribution in [0.1, 0.15) is 10.5 Å². The molecule has 3 heterocycles. The summed E-state index contributed by atoms with van der Waals surface area (Å²) in [5, 5.41) is 16.5. The minimum Gasteiger partial charge on any atom is -0.476 e. The maximum absolute atomic E-state index is 11.3. The number of pyridine rings is 1. The van der Waals surface area contributed by atoms with Gasteiger partial charge in [-0.05, 0) is 23.6 Å². The molecule has 0 saturated carbocycles. The van der Waals surface area contributed by atoms with E-state index < -0.39 is 5.97 Å². The molecule has 0 saturated heterocycles. The Morgan fingerprint density at radius 2 is 2.00 bits per heavy atom. The summed E-state index contributed by atoms with van der Waals surface area (Å²) in [5.41, 5.74) is 2.31. The fourth-order valence-electron chi connectivity index (χ4n) is 2.53. The number of para-hydroxylation sites is 1. The molecule has 0 atom stereocenters. The number of fused-ring (bicyclic) bond motifs is 1. The average Bonchev–Trinajstić information content (AvgIpc) is 3.23. The number of aromatic nitrogens is 3. The van der Waals surface area contributed by atoms with E-state index in [0.29, 0.717) is 0 Å². The lowest BCUT2D eigenvalue weighted by atomic mass is 10.2. The third-order valence-electron chi connectivity index (χ3n) is 3.54. The van der Waals surface area contributed by atoms with E-state index in [2.05, 4.69) is 10.1 Å².